The van der Waals surface area contributed by atoms with Crippen molar-refractivity contribution in [3.05, 3.63) is 0 Å². The van der Waals surface area contributed by atoms with Crippen LogP contribution in [0.5, 0.6) is 0 Å². The minimum absolute atomic E-state index is 0.00367. The van der Waals surface area contributed by atoms with E-state index in [1.54, 1.807) is 0 Å². The molecule has 4 fully saturated rings. The number of hydrogen-bond donors (Lipinski definition) is 3. The maximum Gasteiger partial charge on any atom is 0.397 e. The highest BCUT2D eigenvalue weighted by molar-refractivity contribution is 7.81. The Kier molecular flexibility index (Phi) is 10.2. The SMILES string of the molecule is CC(C)[C@H](C)CC[C@@H](C)[C@H]1CC[C@H]2[C@@H]3C[C@H](OS(=O)(=O)O)[C@H]4C[C@H](OS(=O)(=O)O)[C@@H](OS(=O)(=O)O)C[C@]4(C)[C@H]3CC[C@]12C. The first-order chi connectivity index (χ1) is 19.5. The van der Waals surface area contributed by atoms with E-state index in [0.29, 0.717) is 30.1 Å². The summed E-state index contributed by atoms with van der Waals surface area (Å²) in [5.41, 5.74) is -0.798. The molecular weight excluding hydrogens is 624 g/mol. The van der Waals surface area contributed by atoms with Crippen molar-refractivity contribution in [2.75, 3.05) is 0 Å². The van der Waals surface area contributed by atoms with E-state index in [0.717, 1.165) is 38.5 Å². The molecule has 0 aliphatic heterocycles. The van der Waals surface area contributed by atoms with Gasteiger partial charge in [-0.3, -0.25) is 13.7 Å². The van der Waals surface area contributed by atoms with E-state index in [1.807, 2.05) is 6.92 Å². The summed E-state index contributed by atoms with van der Waals surface area (Å²) in [4.78, 5) is 0. The van der Waals surface area contributed by atoms with Crippen molar-refractivity contribution < 1.29 is 51.5 Å². The Morgan fingerprint density at radius 3 is 1.77 bits per heavy atom. The fraction of sp³-hybridized carbons (Fsp3) is 1.00. The van der Waals surface area contributed by atoms with Crippen molar-refractivity contribution in [3.63, 3.8) is 0 Å². The molecule has 43 heavy (non-hydrogen) atoms. The van der Waals surface area contributed by atoms with Gasteiger partial charge in [-0.05, 0) is 103 Å². The van der Waals surface area contributed by atoms with E-state index in [1.165, 1.54) is 0 Å². The first-order valence-electron chi connectivity index (χ1n) is 15.5. The van der Waals surface area contributed by atoms with E-state index >= 15 is 0 Å². The molecule has 3 N–H and O–H groups in total. The lowest BCUT2D eigenvalue weighted by Gasteiger charge is -2.63. The second-order valence-electron chi connectivity index (χ2n) is 14.9. The van der Waals surface area contributed by atoms with E-state index in [2.05, 4.69) is 34.6 Å². The Bertz CT molecular complexity index is 1330. The normalized spacial score (nSPS) is 41.7. The van der Waals surface area contributed by atoms with Gasteiger partial charge in [-0.15, -0.1) is 0 Å². The zero-order chi connectivity index (χ0) is 32.3. The molecule has 0 heterocycles. The number of rotatable bonds is 11. The van der Waals surface area contributed by atoms with Crippen molar-refractivity contribution >= 4 is 31.2 Å². The molecule has 4 aliphatic rings. The summed E-state index contributed by atoms with van der Waals surface area (Å²) >= 11 is 0. The van der Waals surface area contributed by atoms with E-state index in [9.17, 15) is 38.9 Å². The fourth-order valence-electron chi connectivity index (χ4n) is 10.1. The molecule has 15 heteroatoms. The van der Waals surface area contributed by atoms with Gasteiger partial charge in [0.15, 0.2) is 0 Å². The highest BCUT2D eigenvalue weighted by atomic mass is 32.3. The molecule has 0 spiro atoms. The molecule has 0 aromatic heterocycles. The van der Waals surface area contributed by atoms with Crippen LogP contribution in [-0.4, -0.2) is 57.2 Å². The van der Waals surface area contributed by atoms with Crippen LogP contribution in [0.2, 0.25) is 0 Å². The third kappa shape index (κ3) is 7.78. The van der Waals surface area contributed by atoms with Gasteiger partial charge in [0, 0.05) is 0 Å². The van der Waals surface area contributed by atoms with Gasteiger partial charge >= 0.3 is 31.2 Å². The first kappa shape index (κ1) is 35.5. The topological polar surface area (TPSA) is 191 Å². The van der Waals surface area contributed by atoms with Crippen LogP contribution in [0.15, 0.2) is 0 Å². The number of hydrogen-bond acceptors (Lipinski definition) is 9. The minimum atomic E-state index is -5.06. The second kappa shape index (κ2) is 12.3. The maximum absolute atomic E-state index is 12.0. The van der Waals surface area contributed by atoms with Gasteiger partial charge in [-0.1, -0.05) is 54.4 Å². The molecule has 4 rings (SSSR count). The second-order valence-corrected chi connectivity index (χ2v) is 18.0. The van der Waals surface area contributed by atoms with Crippen molar-refractivity contribution in [1.29, 1.82) is 0 Å². The Balaban J connectivity index is 1.67. The van der Waals surface area contributed by atoms with Crippen LogP contribution in [0.25, 0.3) is 0 Å². The van der Waals surface area contributed by atoms with Crippen molar-refractivity contribution in [1.82, 2.24) is 0 Å². The molecule has 4 saturated carbocycles. The molecule has 0 bridgehead atoms. The average Bonchev–Trinajstić information content (AvgIpc) is 3.18. The summed E-state index contributed by atoms with van der Waals surface area (Å²) in [7, 11) is -15.0. The van der Waals surface area contributed by atoms with Gasteiger partial charge in [-0.2, -0.15) is 25.3 Å². The third-order valence-corrected chi connectivity index (χ3v) is 13.8. The van der Waals surface area contributed by atoms with Gasteiger partial charge in [0.05, 0.1) is 6.10 Å². The van der Waals surface area contributed by atoms with Crippen LogP contribution >= 0.6 is 0 Å². The van der Waals surface area contributed by atoms with Crippen molar-refractivity contribution in [3.8, 4) is 0 Å². The molecule has 0 saturated heterocycles. The quantitative estimate of drug-likeness (QED) is 0.245. The van der Waals surface area contributed by atoms with Crippen LogP contribution in [-0.2, 0) is 43.7 Å². The summed E-state index contributed by atoms with van der Waals surface area (Å²) in [5.74, 6) is 1.84. The van der Waals surface area contributed by atoms with Gasteiger partial charge < -0.3 is 0 Å². The van der Waals surface area contributed by atoms with E-state index in [-0.39, 0.29) is 36.0 Å². The number of fused-ring (bicyclic) bond motifs is 5. The molecule has 12 atom stereocenters. The Hall–Kier alpha value is -0.390. The standard InChI is InChI=1S/C28H50O12S3/c1-16(2)17(3)7-8-18(4)20-9-10-21-19-13-24(38-41(29,30)31)23-14-25(39-42(32,33)34)26(40-43(35,36)37)15-28(23,6)22(19)11-12-27(20,21)5/h16-26H,7-15H2,1-6H3,(H,29,30,31)(H,32,33,34)(H,35,36,37)/t17-,18-,19+,20-,21+,22+,23-,24+,25+,26+,27-,28-/m1/s1. The Labute approximate surface area is 257 Å². The lowest BCUT2D eigenvalue weighted by molar-refractivity contribution is -0.184. The van der Waals surface area contributed by atoms with Crippen molar-refractivity contribution in [2.45, 2.75) is 118 Å². The van der Waals surface area contributed by atoms with Crippen LogP contribution in [0, 0.1) is 58.2 Å². The molecule has 12 nitrogen and oxygen atoms in total. The maximum atomic E-state index is 12.0. The fourth-order valence-corrected chi connectivity index (χ4v) is 11.6. The molecule has 252 valence electrons. The van der Waals surface area contributed by atoms with Crippen LogP contribution in [0.4, 0.5) is 0 Å². The first-order valence-corrected chi connectivity index (χ1v) is 19.6. The van der Waals surface area contributed by atoms with E-state index < -0.39 is 60.8 Å². The summed E-state index contributed by atoms with van der Waals surface area (Å²) in [6.45, 7) is 13.4. The zero-order valence-corrected chi connectivity index (χ0v) is 28.4. The third-order valence-electron chi connectivity index (χ3n) is 12.3. The summed E-state index contributed by atoms with van der Waals surface area (Å²) in [6.07, 6.45) is 1.99. The van der Waals surface area contributed by atoms with Gasteiger partial charge in [0.1, 0.15) is 12.2 Å². The Morgan fingerprint density at radius 2 is 1.21 bits per heavy atom. The predicted octanol–water partition coefficient (Wildman–Crippen LogP) is 5.14. The summed E-state index contributed by atoms with van der Waals surface area (Å²) in [5, 5.41) is 0. The molecular formula is C28H50O12S3. The van der Waals surface area contributed by atoms with Gasteiger partial charge in [-0.25, -0.2) is 12.5 Å². The molecule has 4 aliphatic carbocycles. The Morgan fingerprint density at radius 1 is 0.674 bits per heavy atom. The largest absolute Gasteiger partial charge is 0.397 e. The highest BCUT2D eigenvalue weighted by Crippen LogP contribution is 2.69. The van der Waals surface area contributed by atoms with Crippen molar-refractivity contribution in [2.24, 2.45) is 58.2 Å². The van der Waals surface area contributed by atoms with Gasteiger partial charge in [0.25, 0.3) is 0 Å². The lowest BCUT2D eigenvalue weighted by atomic mass is 9.43. The van der Waals surface area contributed by atoms with Crippen LogP contribution in [0.1, 0.15) is 99.3 Å². The predicted molar refractivity (Wildman–Crippen MR) is 158 cm³/mol. The molecule has 0 unspecified atom stereocenters. The van der Waals surface area contributed by atoms with E-state index in [4.69, 9.17) is 12.5 Å². The average molecular weight is 675 g/mol. The summed E-state index contributed by atoms with van der Waals surface area (Å²) < 4.78 is 114. The molecule has 0 aromatic carbocycles. The summed E-state index contributed by atoms with van der Waals surface area (Å²) in [6, 6.07) is 0. The smallest absolute Gasteiger partial charge is 0.264 e. The van der Waals surface area contributed by atoms with Crippen LogP contribution in [0.3, 0.4) is 0 Å². The molecule has 0 aromatic rings. The molecule has 0 radical (unpaired) electrons. The lowest BCUT2D eigenvalue weighted by Crippen LogP contribution is -2.62. The minimum Gasteiger partial charge on any atom is -0.264 e. The zero-order valence-electron chi connectivity index (χ0n) is 26.0. The monoisotopic (exact) mass is 674 g/mol. The molecule has 0 amide bonds. The van der Waals surface area contributed by atoms with Crippen LogP contribution < -0.4 is 0 Å². The highest BCUT2D eigenvalue weighted by Gasteiger charge is 2.65. The van der Waals surface area contributed by atoms with Gasteiger partial charge in [0.2, 0.25) is 0 Å².